The summed E-state index contributed by atoms with van der Waals surface area (Å²) in [4.78, 5) is 25.6. The molecule has 0 aliphatic carbocycles. The highest BCUT2D eigenvalue weighted by atomic mass is 16.4. The van der Waals surface area contributed by atoms with Crippen LogP contribution in [-0.2, 0) is 4.79 Å². The van der Waals surface area contributed by atoms with Crippen molar-refractivity contribution in [1.82, 2.24) is 4.90 Å². The van der Waals surface area contributed by atoms with Crippen LogP contribution in [0.2, 0.25) is 0 Å². The van der Waals surface area contributed by atoms with Gasteiger partial charge in [0, 0.05) is 24.3 Å². The van der Waals surface area contributed by atoms with Gasteiger partial charge in [0.1, 0.15) is 0 Å². The molecule has 0 saturated carbocycles. The number of hydrogen-bond acceptors (Lipinski definition) is 3. The van der Waals surface area contributed by atoms with Gasteiger partial charge in [-0.15, -0.1) is 0 Å². The normalized spacial score (nSPS) is 17.5. The van der Waals surface area contributed by atoms with Crippen molar-refractivity contribution >= 4 is 17.6 Å². The molecule has 0 bridgehead atoms. The summed E-state index contributed by atoms with van der Waals surface area (Å²) in [5, 5.41) is 9.38. The van der Waals surface area contributed by atoms with Crippen molar-refractivity contribution in [2.24, 2.45) is 5.41 Å². The molecule has 1 aromatic rings. The number of piperidine rings is 1. The van der Waals surface area contributed by atoms with Gasteiger partial charge >= 0.3 is 5.97 Å². The maximum Gasteiger partial charge on any atom is 0.309 e. The zero-order chi connectivity index (χ0) is 15.6. The number of nitrogens with two attached hydrogens (primary N) is 1. The summed E-state index contributed by atoms with van der Waals surface area (Å²) in [6.07, 6.45) is 1.61. The van der Waals surface area contributed by atoms with Crippen LogP contribution in [0.15, 0.2) is 18.2 Å². The minimum absolute atomic E-state index is 0.0724. The third-order valence-corrected chi connectivity index (χ3v) is 4.66. The molecule has 2 rings (SSSR count). The van der Waals surface area contributed by atoms with Crippen LogP contribution in [0.4, 0.5) is 5.69 Å². The second-order valence-electron chi connectivity index (χ2n) is 5.80. The third kappa shape index (κ3) is 2.86. The highest BCUT2D eigenvalue weighted by molar-refractivity contribution is 5.95. The van der Waals surface area contributed by atoms with Gasteiger partial charge in [-0.2, -0.15) is 0 Å². The van der Waals surface area contributed by atoms with Crippen LogP contribution in [-0.4, -0.2) is 35.0 Å². The fourth-order valence-corrected chi connectivity index (χ4v) is 2.81. The lowest BCUT2D eigenvalue weighted by Crippen LogP contribution is -2.46. The van der Waals surface area contributed by atoms with Gasteiger partial charge in [0.25, 0.3) is 5.91 Å². The van der Waals surface area contributed by atoms with E-state index in [0.29, 0.717) is 43.6 Å². The minimum atomic E-state index is -0.753. The highest BCUT2D eigenvalue weighted by Crippen LogP contribution is 2.35. The monoisotopic (exact) mass is 290 g/mol. The molecule has 0 atom stereocenters. The Morgan fingerprint density at radius 2 is 1.95 bits per heavy atom. The van der Waals surface area contributed by atoms with E-state index in [9.17, 15) is 14.7 Å². The zero-order valence-electron chi connectivity index (χ0n) is 12.6. The molecule has 0 spiro atoms. The molecule has 0 radical (unpaired) electrons. The van der Waals surface area contributed by atoms with Crippen molar-refractivity contribution in [2.45, 2.75) is 33.1 Å². The van der Waals surface area contributed by atoms with Crippen LogP contribution in [0.25, 0.3) is 0 Å². The lowest BCUT2D eigenvalue weighted by Gasteiger charge is -2.38. The Labute approximate surface area is 124 Å². The first-order chi connectivity index (χ1) is 9.89. The van der Waals surface area contributed by atoms with E-state index in [1.54, 1.807) is 17.0 Å². The minimum Gasteiger partial charge on any atom is -0.481 e. The highest BCUT2D eigenvalue weighted by Gasteiger charge is 2.40. The van der Waals surface area contributed by atoms with Gasteiger partial charge in [-0.05, 0) is 43.9 Å². The number of carboxylic acids is 1. The smallest absolute Gasteiger partial charge is 0.309 e. The van der Waals surface area contributed by atoms with E-state index >= 15 is 0 Å². The van der Waals surface area contributed by atoms with Crippen molar-refractivity contribution in [3.63, 3.8) is 0 Å². The van der Waals surface area contributed by atoms with E-state index in [2.05, 4.69) is 0 Å². The number of likely N-dealkylation sites (tertiary alicyclic amines) is 1. The molecule has 0 aromatic heterocycles. The summed E-state index contributed by atoms with van der Waals surface area (Å²) in [5.41, 5.74) is 7.28. The number of hydrogen-bond donors (Lipinski definition) is 2. The Kier molecular flexibility index (Phi) is 4.21. The molecule has 114 valence electrons. The lowest BCUT2D eigenvalue weighted by molar-refractivity contribution is -0.152. The second-order valence-corrected chi connectivity index (χ2v) is 5.80. The topological polar surface area (TPSA) is 83.6 Å². The van der Waals surface area contributed by atoms with Gasteiger partial charge in [-0.25, -0.2) is 0 Å². The Balaban J connectivity index is 2.09. The first kappa shape index (κ1) is 15.4. The van der Waals surface area contributed by atoms with Crippen molar-refractivity contribution in [2.75, 3.05) is 18.8 Å². The molecule has 5 heteroatoms. The molecule has 1 saturated heterocycles. The van der Waals surface area contributed by atoms with Crippen LogP contribution in [0, 0.1) is 12.3 Å². The second kappa shape index (κ2) is 5.76. The van der Waals surface area contributed by atoms with Crippen molar-refractivity contribution < 1.29 is 14.7 Å². The van der Waals surface area contributed by atoms with Gasteiger partial charge in [0.15, 0.2) is 0 Å². The number of aryl methyl sites for hydroxylation is 1. The van der Waals surface area contributed by atoms with Gasteiger partial charge in [0.2, 0.25) is 0 Å². The Bertz CT molecular complexity index is 561. The maximum atomic E-state index is 12.5. The molecule has 0 unspecified atom stereocenters. The summed E-state index contributed by atoms with van der Waals surface area (Å²) in [6.45, 7) is 4.75. The molecular weight excluding hydrogens is 268 g/mol. The fraction of sp³-hybridized carbons (Fsp3) is 0.500. The van der Waals surface area contributed by atoms with Gasteiger partial charge in [-0.1, -0.05) is 13.0 Å². The van der Waals surface area contributed by atoms with E-state index in [-0.39, 0.29) is 5.91 Å². The number of nitrogen functional groups attached to an aromatic ring is 1. The maximum absolute atomic E-state index is 12.5. The van der Waals surface area contributed by atoms with Gasteiger partial charge < -0.3 is 15.7 Å². The molecule has 1 aliphatic rings. The van der Waals surface area contributed by atoms with Crippen molar-refractivity contribution in [3.8, 4) is 0 Å². The van der Waals surface area contributed by atoms with Gasteiger partial charge in [-0.3, -0.25) is 9.59 Å². The van der Waals surface area contributed by atoms with E-state index in [1.165, 1.54) is 0 Å². The summed E-state index contributed by atoms with van der Waals surface area (Å²) in [5.74, 6) is -0.825. The number of carbonyl (C=O) groups is 2. The first-order valence-corrected chi connectivity index (χ1v) is 7.28. The van der Waals surface area contributed by atoms with Crippen LogP contribution in [0.1, 0.15) is 42.1 Å². The largest absolute Gasteiger partial charge is 0.481 e. The molecule has 3 N–H and O–H groups in total. The molecule has 1 amide bonds. The summed E-state index contributed by atoms with van der Waals surface area (Å²) in [6, 6.07) is 5.30. The average molecular weight is 290 g/mol. The molecule has 1 aromatic carbocycles. The number of nitrogens with zero attached hydrogens (tertiary/aromatic N) is 1. The fourth-order valence-electron chi connectivity index (χ4n) is 2.81. The van der Waals surface area contributed by atoms with Crippen LogP contribution in [0.5, 0.6) is 0 Å². The summed E-state index contributed by atoms with van der Waals surface area (Å²) in [7, 11) is 0. The SMILES string of the molecule is CCC1(C(=O)O)CCN(C(=O)c2ccc(C)c(N)c2)CC1. The predicted molar refractivity (Wildman–Crippen MR) is 81.1 cm³/mol. The Morgan fingerprint density at radius 1 is 1.33 bits per heavy atom. The first-order valence-electron chi connectivity index (χ1n) is 7.28. The predicted octanol–water partition coefficient (Wildman–Crippen LogP) is 2.29. The number of carboxylic acid groups (broad SMARTS) is 1. The Hall–Kier alpha value is -2.04. The number of benzene rings is 1. The van der Waals surface area contributed by atoms with Crippen LogP contribution < -0.4 is 5.73 Å². The summed E-state index contributed by atoms with van der Waals surface area (Å²) < 4.78 is 0. The van der Waals surface area contributed by atoms with E-state index in [0.717, 1.165) is 5.56 Å². The molecule has 1 aliphatic heterocycles. The van der Waals surface area contributed by atoms with Crippen molar-refractivity contribution in [1.29, 1.82) is 0 Å². The van der Waals surface area contributed by atoms with Crippen LogP contribution in [0.3, 0.4) is 0 Å². The number of rotatable bonds is 3. The molecular formula is C16H22N2O3. The standard InChI is InChI=1S/C16H22N2O3/c1-3-16(15(20)21)6-8-18(9-7-16)14(19)12-5-4-11(2)13(17)10-12/h4-5,10H,3,6-9,17H2,1-2H3,(H,20,21). The van der Waals surface area contributed by atoms with E-state index in [1.807, 2.05) is 19.9 Å². The zero-order valence-corrected chi connectivity index (χ0v) is 12.6. The summed E-state index contributed by atoms with van der Waals surface area (Å²) >= 11 is 0. The number of anilines is 1. The molecule has 21 heavy (non-hydrogen) atoms. The van der Waals surface area contributed by atoms with Crippen molar-refractivity contribution in [3.05, 3.63) is 29.3 Å². The third-order valence-electron chi connectivity index (χ3n) is 4.66. The molecule has 1 heterocycles. The van der Waals surface area contributed by atoms with E-state index < -0.39 is 11.4 Å². The molecule has 5 nitrogen and oxygen atoms in total. The number of amides is 1. The Morgan fingerprint density at radius 3 is 2.43 bits per heavy atom. The quantitative estimate of drug-likeness (QED) is 0.837. The number of aliphatic carboxylic acids is 1. The molecule has 1 fully saturated rings. The van der Waals surface area contributed by atoms with Gasteiger partial charge in [0.05, 0.1) is 5.41 Å². The number of carbonyl (C=O) groups excluding carboxylic acids is 1. The van der Waals surface area contributed by atoms with E-state index in [4.69, 9.17) is 5.73 Å². The lowest BCUT2D eigenvalue weighted by atomic mass is 9.76. The van der Waals surface area contributed by atoms with Crippen LogP contribution >= 0.6 is 0 Å². The average Bonchev–Trinajstić information content (AvgIpc) is 2.49.